The SMILES string of the molecule is CC(C)(C)C[C@]1(c2ccc(-c3cnn(C(F)F)c3)cc2)N=C(N)N([C@H](COC(=O)CC2(C(F)(F)F)CC2)c2cc(F)c(Cl)c(-n3ncnc3C(F)F)c2)C1=O. The molecule has 1 aliphatic carbocycles. The number of amides is 1. The lowest BCUT2D eigenvalue weighted by molar-refractivity contribution is -0.195. The van der Waals surface area contributed by atoms with E-state index in [9.17, 15) is 40.3 Å². The molecule has 11 nitrogen and oxygen atoms in total. The average Bonchev–Trinajstić information content (AvgIpc) is 3.40. The molecule has 1 aliphatic heterocycles. The van der Waals surface area contributed by atoms with Crippen LogP contribution in [0.2, 0.25) is 5.02 Å². The number of rotatable bonds is 12. The normalized spacial score (nSPS) is 19.0. The number of halogens is 9. The summed E-state index contributed by atoms with van der Waals surface area (Å²) in [6.07, 6.45) is -6.31. The molecule has 2 aliphatic rings. The third-order valence-corrected chi connectivity index (χ3v) is 9.85. The number of esters is 1. The first-order valence-corrected chi connectivity index (χ1v) is 17.1. The zero-order chi connectivity index (χ0) is 40.2. The van der Waals surface area contributed by atoms with E-state index in [-0.39, 0.29) is 24.8 Å². The standard InChI is InChI=1S/C35H33ClF8N8O3/c1-32(2,3)16-34(21-6-4-18(5-7-21)20-13-47-50(14-20)30(40)41)29(54)51(31(45)49-34)24(15-55-25(53)12-33(8-9-33)35(42,43)44)19-10-22(37)26(36)23(11-19)52-28(27(38)39)46-17-48-52/h4-7,10-11,13-14,17,24,27,30H,8-9,12,15-16H2,1-3H3,(H2,45,49)/t24-,34-/m1/s1. The van der Waals surface area contributed by atoms with Crippen LogP contribution in [-0.4, -0.2) is 60.1 Å². The Morgan fingerprint density at radius 3 is 2.27 bits per heavy atom. The molecule has 20 heteroatoms. The molecule has 0 radical (unpaired) electrons. The maximum atomic E-state index is 15.6. The van der Waals surface area contributed by atoms with Gasteiger partial charge in [-0.1, -0.05) is 56.6 Å². The van der Waals surface area contributed by atoms with Crippen molar-refractivity contribution in [2.45, 2.75) is 77.2 Å². The summed E-state index contributed by atoms with van der Waals surface area (Å²) in [6, 6.07) is 6.52. The van der Waals surface area contributed by atoms with E-state index in [2.05, 4.69) is 20.2 Å². The number of aromatic nitrogens is 5. The van der Waals surface area contributed by atoms with Crippen molar-refractivity contribution in [3.8, 4) is 16.8 Å². The molecule has 6 rings (SSSR count). The van der Waals surface area contributed by atoms with Crippen LogP contribution in [-0.2, 0) is 19.9 Å². The molecular weight excluding hydrogens is 768 g/mol. The molecule has 3 heterocycles. The fraction of sp³-hybridized carbons (Fsp3) is 0.429. The van der Waals surface area contributed by atoms with Crippen LogP contribution in [0.5, 0.6) is 0 Å². The molecule has 0 saturated heterocycles. The van der Waals surface area contributed by atoms with E-state index >= 15 is 4.39 Å². The Bertz CT molecular complexity index is 2130. The van der Waals surface area contributed by atoms with Gasteiger partial charge in [-0.25, -0.2) is 32.5 Å². The van der Waals surface area contributed by atoms with Gasteiger partial charge in [-0.2, -0.15) is 32.1 Å². The Kier molecular flexibility index (Phi) is 10.2. The smallest absolute Gasteiger partial charge is 0.395 e. The van der Waals surface area contributed by atoms with Gasteiger partial charge in [0.1, 0.15) is 23.8 Å². The van der Waals surface area contributed by atoms with Crippen LogP contribution in [0.25, 0.3) is 16.8 Å². The zero-order valence-electron chi connectivity index (χ0n) is 29.3. The number of aliphatic imine (C=N–C) groups is 1. The molecule has 4 aromatic rings. The van der Waals surface area contributed by atoms with Gasteiger partial charge in [0.15, 0.2) is 17.3 Å². The molecule has 55 heavy (non-hydrogen) atoms. The molecule has 1 amide bonds. The van der Waals surface area contributed by atoms with E-state index in [4.69, 9.17) is 22.1 Å². The highest BCUT2D eigenvalue weighted by Gasteiger charge is 2.64. The maximum absolute atomic E-state index is 15.6. The highest BCUT2D eigenvalue weighted by molar-refractivity contribution is 6.32. The minimum absolute atomic E-state index is 0.0102. The number of guanidine groups is 1. The Balaban J connectivity index is 1.42. The Labute approximate surface area is 313 Å². The molecule has 294 valence electrons. The third kappa shape index (κ3) is 7.62. The maximum Gasteiger partial charge on any atom is 0.395 e. The van der Waals surface area contributed by atoms with Crippen molar-refractivity contribution in [2.24, 2.45) is 21.6 Å². The number of carbonyl (C=O) groups is 2. The molecule has 0 spiro atoms. The second-order valence-electron chi connectivity index (χ2n) is 14.6. The number of hydrogen-bond acceptors (Lipinski definition) is 8. The fourth-order valence-corrected chi connectivity index (χ4v) is 6.85. The van der Waals surface area contributed by atoms with E-state index in [1.807, 2.05) is 20.8 Å². The first-order valence-electron chi connectivity index (χ1n) is 16.7. The lowest BCUT2D eigenvalue weighted by atomic mass is 9.75. The molecule has 0 unspecified atom stereocenters. The predicted molar refractivity (Wildman–Crippen MR) is 180 cm³/mol. The lowest BCUT2D eigenvalue weighted by Crippen LogP contribution is -2.47. The summed E-state index contributed by atoms with van der Waals surface area (Å²) in [5.74, 6) is -4.60. The number of carbonyl (C=O) groups excluding carboxylic acids is 2. The van der Waals surface area contributed by atoms with E-state index in [0.29, 0.717) is 26.1 Å². The second kappa shape index (κ2) is 14.2. The van der Waals surface area contributed by atoms with Gasteiger partial charge in [-0.15, -0.1) is 0 Å². The third-order valence-electron chi connectivity index (χ3n) is 9.47. The Hall–Kier alpha value is -5.07. The van der Waals surface area contributed by atoms with Gasteiger partial charge in [-0.3, -0.25) is 14.5 Å². The monoisotopic (exact) mass is 800 g/mol. The van der Waals surface area contributed by atoms with Crippen LogP contribution < -0.4 is 5.73 Å². The lowest BCUT2D eigenvalue weighted by Gasteiger charge is -2.35. The molecule has 0 bridgehead atoms. The predicted octanol–water partition coefficient (Wildman–Crippen LogP) is 8.06. The van der Waals surface area contributed by atoms with E-state index < -0.39 is 94.8 Å². The van der Waals surface area contributed by atoms with Gasteiger partial charge >= 0.3 is 18.7 Å². The van der Waals surface area contributed by atoms with Crippen molar-refractivity contribution < 1.29 is 49.4 Å². The fourth-order valence-electron chi connectivity index (χ4n) is 6.66. The van der Waals surface area contributed by atoms with E-state index in [0.717, 1.165) is 29.6 Å². The summed E-state index contributed by atoms with van der Waals surface area (Å²) in [7, 11) is 0. The average molecular weight is 801 g/mol. The van der Waals surface area contributed by atoms with Gasteiger partial charge < -0.3 is 10.5 Å². The number of nitrogens with zero attached hydrogens (tertiary/aromatic N) is 7. The summed E-state index contributed by atoms with van der Waals surface area (Å²) < 4.78 is 117. The van der Waals surface area contributed by atoms with Crippen LogP contribution in [0.15, 0.2) is 60.1 Å². The van der Waals surface area contributed by atoms with E-state index in [1.54, 1.807) is 12.1 Å². The minimum Gasteiger partial charge on any atom is -0.463 e. The van der Waals surface area contributed by atoms with Crippen LogP contribution in [0.4, 0.5) is 35.1 Å². The van der Waals surface area contributed by atoms with Crippen LogP contribution in [0.3, 0.4) is 0 Å². The topological polar surface area (TPSA) is 134 Å². The van der Waals surface area contributed by atoms with Crippen molar-refractivity contribution in [3.63, 3.8) is 0 Å². The van der Waals surface area contributed by atoms with E-state index in [1.165, 1.54) is 18.3 Å². The van der Waals surface area contributed by atoms with Gasteiger partial charge in [0, 0.05) is 11.8 Å². The zero-order valence-corrected chi connectivity index (χ0v) is 30.1. The summed E-state index contributed by atoms with van der Waals surface area (Å²) >= 11 is 6.20. The van der Waals surface area contributed by atoms with Crippen molar-refractivity contribution in [3.05, 3.63) is 82.9 Å². The van der Waals surface area contributed by atoms with Crippen LogP contribution in [0.1, 0.15) is 82.4 Å². The Morgan fingerprint density at radius 2 is 1.71 bits per heavy atom. The number of alkyl halides is 7. The first-order chi connectivity index (χ1) is 25.7. The molecule has 2 atom stereocenters. The number of nitrogens with two attached hydrogens (primary N) is 1. The van der Waals surface area contributed by atoms with Crippen molar-refractivity contribution in [1.29, 1.82) is 0 Å². The van der Waals surface area contributed by atoms with Gasteiger partial charge in [-0.05, 0) is 53.5 Å². The van der Waals surface area contributed by atoms with Crippen LogP contribution >= 0.6 is 11.6 Å². The first kappa shape index (κ1) is 39.6. The van der Waals surface area contributed by atoms with Crippen molar-refractivity contribution in [1.82, 2.24) is 29.4 Å². The highest BCUT2D eigenvalue weighted by atomic mass is 35.5. The summed E-state index contributed by atoms with van der Waals surface area (Å²) in [4.78, 5) is 36.8. The quantitative estimate of drug-likeness (QED) is 0.113. The second-order valence-corrected chi connectivity index (χ2v) is 15.0. The van der Waals surface area contributed by atoms with Gasteiger partial charge in [0.05, 0.1) is 29.8 Å². The molecule has 2 aromatic carbocycles. The summed E-state index contributed by atoms with van der Waals surface area (Å²) in [5, 5.41) is 6.71. The number of ether oxygens (including phenoxy) is 1. The van der Waals surface area contributed by atoms with Gasteiger partial charge in [0.2, 0.25) is 0 Å². The molecule has 1 fully saturated rings. The van der Waals surface area contributed by atoms with Gasteiger partial charge in [0.25, 0.3) is 12.3 Å². The molecular formula is C35H33ClF8N8O3. The Morgan fingerprint density at radius 1 is 1.04 bits per heavy atom. The highest BCUT2D eigenvalue weighted by Crippen LogP contribution is 2.60. The van der Waals surface area contributed by atoms with Crippen LogP contribution in [0, 0.1) is 16.6 Å². The molecule has 2 N–H and O–H groups in total. The largest absolute Gasteiger partial charge is 0.463 e. The molecule has 1 saturated carbocycles. The summed E-state index contributed by atoms with van der Waals surface area (Å²) in [5.41, 5.74) is 2.23. The van der Waals surface area contributed by atoms with Crippen molar-refractivity contribution >= 4 is 29.4 Å². The summed E-state index contributed by atoms with van der Waals surface area (Å²) in [6.45, 7) is 1.71. The number of benzene rings is 2. The minimum atomic E-state index is -4.69. The number of hydrogen-bond donors (Lipinski definition) is 1. The molecule has 2 aromatic heterocycles. The van der Waals surface area contributed by atoms with Crippen molar-refractivity contribution in [2.75, 3.05) is 6.61 Å².